The maximum Gasteiger partial charge on any atom is 0.255 e. The van der Waals surface area contributed by atoms with Crippen LogP contribution in [0.25, 0.3) is 0 Å². The van der Waals surface area contributed by atoms with Crippen molar-refractivity contribution in [3.05, 3.63) is 22.8 Å². The number of aliphatic hydroxyl groups is 1. The fraction of sp³-hybridized carbons (Fsp3) is 0.571. The van der Waals surface area contributed by atoms with E-state index in [1.807, 2.05) is 0 Å². The molecule has 1 fully saturated rings. The van der Waals surface area contributed by atoms with Crippen LogP contribution in [0.15, 0.2) is 12.3 Å². The molecule has 0 unspecified atom stereocenters. The van der Waals surface area contributed by atoms with Crippen LogP contribution in [0.3, 0.4) is 0 Å². The minimum atomic E-state index is -0.130. The predicted molar refractivity (Wildman–Crippen MR) is 79.2 cm³/mol. The van der Waals surface area contributed by atoms with E-state index in [9.17, 15) is 9.90 Å². The maximum atomic E-state index is 12.7. The van der Waals surface area contributed by atoms with Crippen molar-refractivity contribution in [1.29, 1.82) is 0 Å². The Morgan fingerprint density at radius 3 is 2.85 bits per heavy atom. The van der Waals surface area contributed by atoms with Crippen molar-refractivity contribution in [3.63, 3.8) is 0 Å². The third-order valence-corrected chi connectivity index (χ3v) is 4.01. The lowest BCUT2D eigenvalue weighted by atomic mass is 10.1. The lowest BCUT2D eigenvalue weighted by Crippen LogP contribution is -2.40. The largest absolute Gasteiger partial charge is 0.395 e. The first-order valence-electron chi connectivity index (χ1n) is 6.92. The van der Waals surface area contributed by atoms with Gasteiger partial charge in [-0.15, -0.1) is 0 Å². The van der Waals surface area contributed by atoms with Gasteiger partial charge in [0.05, 0.1) is 17.2 Å². The summed E-state index contributed by atoms with van der Waals surface area (Å²) in [5.74, 6) is 0.475. The maximum absolute atomic E-state index is 12.7. The molecule has 0 spiro atoms. The van der Waals surface area contributed by atoms with Gasteiger partial charge in [-0.25, -0.2) is 4.98 Å². The van der Waals surface area contributed by atoms with Crippen LogP contribution < -0.4 is 5.32 Å². The second kappa shape index (κ2) is 6.90. The lowest BCUT2D eigenvalue weighted by Gasteiger charge is -2.28. The molecule has 1 aromatic heterocycles. The van der Waals surface area contributed by atoms with E-state index in [1.165, 1.54) is 6.20 Å². The van der Waals surface area contributed by atoms with Gasteiger partial charge in [0.2, 0.25) is 0 Å². The zero-order chi connectivity index (χ0) is 14.5. The first-order valence-corrected chi connectivity index (χ1v) is 7.30. The van der Waals surface area contributed by atoms with Crippen LogP contribution in [0, 0.1) is 0 Å². The van der Waals surface area contributed by atoms with E-state index in [1.54, 1.807) is 18.0 Å². The second-order valence-corrected chi connectivity index (χ2v) is 5.37. The van der Waals surface area contributed by atoms with Gasteiger partial charge in [-0.1, -0.05) is 24.4 Å². The molecule has 1 aliphatic carbocycles. The third-order valence-electron chi connectivity index (χ3n) is 3.71. The van der Waals surface area contributed by atoms with Crippen molar-refractivity contribution >= 4 is 23.3 Å². The van der Waals surface area contributed by atoms with Crippen LogP contribution in [0.4, 0.5) is 5.82 Å². The van der Waals surface area contributed by atoms with Gasteiger partial charge in [0.1, 0.15) is 5.82 Å². The molecule has 0 aromatic carbocycles. The summed E-state index contributed by atoms with van der Waals surface area (Å²) < 4.78 is 0. The quantitative estimate of drug-likeness (QED) is 0.874. The fourth-order valence-electron chi connectivity index (χ4n) is 2.67. The summed E-state index contributed by atoms with van der Waals surface area (Å²) >= 11 is 6.10. The standard InChI is InChI=1S/C14H20ClN3O2/c1-16-13-8-11(12(15)9-17-13)14(20)18(6-7-19)10-4-2-3-5-10/h8-10,19H,2-7H2,1H3,(H,16,17). The Morgan fingerprint density at radius 2 is 2.25 bits per heavy atom. The normalized spacial score (nSPS) is 15.3. The summed E-state index contributed by atoms with van der Waals surface area (Å²) in [7, 11) is 1.74. The van der Waals surface area contributed by atoms with Gasteiger partial charge >= 0.3 is 0 Å². The molecule has 0 atom stereocenters. The van der Waals surface area contributed by atoms with Crippen molar-refractivity contribution in [2.75, 3.05) is 25.5 Å². The number of aromatic nitrogens is 1. The van der Waals surface area contributed by atoms with Crippen LogP contribution in [0.2, 0.25) is 5.02 Å². The topological polar surface area (TPSA) is 65.5 Å². The number of anilines is 1. The molecule has 2 N–H and O–H groups in total. The molecular formula is C14H20ClN3O2. The first kappa shape index (κ1) is 15.1. The number of pyridine rings is 1. The van der Waals surface area contributed by atoms with Crippen LogP contribution in [-0.4, -0.2) is 47.1 Å². The van der Waals surface area contributed by atoms with Gasteiger partial charge in [-0.2, -0.15) is 0 Å². The molecule has 2 rings (SSSR count). The highest BCUT2D eigenvalue weighted by Gasteiger charge is 2.28. The number of aliphatic hydroxyl groups excluding tert-OH is 1. The first-order chi connectivity index (χ1) is 9.67. The second-order valence-electron chi connectivity index (χ2n) is 4.96. The molecule has 5 nitrogen and oxygen atoms in total. The van der Waals surface area contributed by atoms with Crippen LogP contribution in [0.1, 0.15) is 36.0 Å². The SMILES string of the molecule is CNc1cc(C(=O)N(CCO)C2CCCC2)c(Cl)cn1. The van der Waals surface area contributed by atoms with E-state index in [4.69, 9.17) is 11.6 Å². The van der Waals surface area contributed by atoms with E-state index >= 15 is 0 Å². The van der Waals surface area contributed by atoms with Crippen molar-refractivity contribution in [2.24, 2.45) is 0 Å². The Bertz CT molecular complexity index is 475. The summed E-state index contributed by atoms with van der Waals surface area (Å²) in [4.78, 5) is 18.5. The van der Waals surface area contributed by atoms with E-state index in [2.05, 4.69) is 10.3 Å². The Labute approximate surface area is 123 Å². The van der Waals surface area contributed by atoms with Crippen LogP contribution >= 0.6 is 11.6 Å². The average molecular weight is 298 g/mol. The van der Waals surface area contributed by atoms with Crippen LogP contribution in [-0.2, 0) is 0 Å². The Morgan fingerprint density at radius 1 is 1.55 bits per heavy atom. The van der Waals surface area contributed by atoms with Gasteiger partial charge < -0.3 is 15.3 Å². The van der Waals surface area contributed by atoms with Gasteiger partial charge in [-0.3, -0.25) is 4.79 Å². The number of hydrogen-bond acceptors (Lipinski definition) is 4. The zero-order valence-corrected chi connectivity index (χ0v) is 12.4. The molecule has 1 amide bonds. The van der Waals surface area contributed by atoms with Gasteiger partial charge in [0.15, 0.2) is 0 Å². The molecule has 6 heteroatoms. The summed E-state index contributed by atoms with van der Waals surface area (Å²) in [5.41, 5.74) is 0.436. The smallest absolute Gasteiger partial charge is 0.255 e. The molecule has 1 aliphatic rings. The fourth-order valence-corrected chi connectivity index (χ4v) is 2.85. The molecule has 1 heterocycles. The lowest BCUT2D eigenvalue weighted by molar-refractivity contribution is 0.0638. The molecule has 110 valence electrons. The summed E-state index contributed by atoms with van der Waals surface area (Å²) in [5, 5.41) is 12.5. The minimum Gasteiger partial charge on any atom is -0.395 e. The zero-order valence-electron chi connectivity index (χ0n) is 11.6. The van der Waals surface area contributed by atoms with E-state index in [0.717, 1.165) is 25.7 Å². The van der Waals surface area contributed by atoms with Gasteiger partial charge in [0, 0.05) is 25.8 Å². The molecule has 1 aromatic rings. The highest BCUT2D eigenvalue weighted by molar-refractivity contribution is 6.33. The van der Waals surface area contributed by atoms with E-state index in [0.29, 0.717) is 22.9 Å². The van der Waals surface area contributed by atoms with Gasteiger partial charge in [0.25, 0.3) is 5.91 Å². The number of carbonyl (C=O) groups excluding carboxylic acids is 1. The van der Waals surface area contributed by atoms with Crippen molar-refractivity contribution < 1.29 is 9.90 Å². The minimum absolute atomic E-state index is 0.0379. The third kappa shape index (κ3) is 3.22. The monoisotopic (exact) mass is 297 g/mol. The summed E-state index contributed by atoms with van der Waals surface area (Å²) in [6.07, 6.45) is 5.73. The number of nitrogens with one attached hydrogen (secondary N) is 1. The van der Waals surface area contributed by atoms with E-state index < -0.39 is 0 Å². The van der Waals surface area contributed by atoms with Crippen molar-refractivity contribution in [2.45, 2.75) is 31.7 Å². The molecular weight excluding hydrogens is 278 g/mol. The molecule has 0 radical (unpaired) electrons. The number of rotatable bonds is 5. The summed E-state index contributed by atoms with van der Waals surface area (Å²) in [6.45, 7) is 0.306. The number of carbonyl (C=O) groups is 1. The number of hydrogen-bond donors (Lipinski definition) is 2. The average Bonchev–Trinajstić information content (AvgIpc) is 2.98. The molecule has 0 aliphatic heterocycles. The number of nitrogens with zero attached hydrogens (tertiary/aromatic N) is 2. The number of amides is 1. The van der Waals surface area contributed by atoms with Crippen molar-refractivity contribution in [3.8, 4) is 0 Å². The molecule has 20 heavy (non-hydrogen) atoms. The molecule has 0 saturated heterocycles. The molecule has 0 bridgehead atoms. The predicted octanol–water partition coefficient (Wildman–Crippen LogP) is 2.15. The Hall–Kier alpha value is -1.33. The highest BCUT2D eigenvalue weighted by atomic mass is 35.5. The van der Waals surface area contributed by atoms with E-state index in [-0.39, 0.29) is 18.6 Å². The van der Waals surface area contributed by atoms with Gasteiger partial charge in [-0.05, 0) is 18.9 Å². The molecule has 1 saturated carbocycles. The summed E-state index contributed by atoms with van der Waals surface area (Å²) in [6, 6.07) is 1.86. The Balaban J connectivity index is 2.26. The van der Waals surface area contributed by atoms with Crippen molar-refractivity contribution in [1.82, 2.24) is 9.88 Å². The Kier molecular flexibility index (Phi) is 5.20. The highest BCUT2D eigenvalue weighted by Crippen LogP contribution is 2.27. The number of halogens is 1. The van der Waals surface area contributed by atoms with Crippen LogP contribution in [0.5, 0.6) is 0 Å².